The fraction of sp³-hybridized carbons (Fsp3) is 0.750. The normalized spacial score (nSPS) is 11.3. The Morgan fingerprint density at radius 1 is 1.21 bits per heavy atom. The van der Waals surface area contributed by atoms with Gasteiger partial charge in [0.25, 0.3) is 0 Å². The third-order valence-electron chi connectivity index (χ3n) is 3.37. The lowest BCUT2D eigenvalue weighted by atomic mass is 10.4. The highest BCUT2D eigenvalue weighted by atomic mass is 127. The van der Waals surface area contributed by atoms with Crippen molar-refractivity contribution < 1.29 is 0 Å². The molecule has 0 saturated heterocycles. The number of halogens is 1. The summed E-state index contributed by atoms with van der Waals surface area (Å²) in [6, 6.07) is 0. The zero-order chi connectivity index (χ0) is 17.1. The lowest BCUT2D eigenvalue weighted by Crippen LogP contribution is -2.41. The fourth-order valence-electron chi connectivity index (χ4n) is 2.15. The Kier molecular flexibility index (Phi) is 13.3. The third-order valence-corrected chi connectivity index (χ3v) is 4.43. The van der Waals surface area contributed by atoms with Gasteiger partial charge in [-0.2, -0.15) is 0 Å². The monoisotopic (exact) mass is 468 g/mol. The van der Waals surface area contributed by atoms with Gasteiger partial charge in [-0.3, -0.25) is 0 Å². The van der Waals surface area contributed by atoms with Crippen molar-refractivity contribution in [1.82, 2.24) is 20.5 Å². The molecule has 0 unspecified atom stereocenters. The second-order valence-electron chi connectivity index (χ2n) is 5.57. The predicted octanol–water partition coefficient (Wildman–Crippen LogP) is 2.61. The summed E-state index contributed by atoms with van der Waals surface area (Å²) in [7, 11) is 4.01. The van der Waals surface area contributed by atoms with Gasteiger partial charge in [0.2, 0.25) is 0 Å². The van der Waals surface area contributed by atoms with E-state index in [2.05, 4.69) is 51.7 Å². The Morgan fingerprint density at radius 2 is 1.96 bits per heavy atom. The molecule has 0 spiro atoms. The number of nitrogens with one attached hydrogen (secondary N) is 2. The van der Waals surface area contributed by atoms with E-state index in [1.807, 2.05) is 19.0 Å². The van der Waals surface area contributed by atoms with E-state index < -0.39 is 0 Å². The van der Waals surface area contributed by atoms with E-state index in [4.69, 9.17) is 0 Å². The number of likely N-dealkylation sites (N-methyl/N-ethyl adjacent to an activating group) is 1. The average Bonchev–Trinajstić information content (AvgIpc) is 3.01. The maximum atomic E-state index is 4.63. The number of rotatable bonds is 10. The first kappa shape index (κ1) is 23.4. The number of thiazole rings is 1. The maximum absolute atomic E-state index is 4.63. The molecule has 1 heterocycles. The minimum Gasteiger partial charge on any atom is -0.357 e. The highest BCUT2D eigenvalue weighted by Crippen LogP contribution is 2.18. The van der Waals surface area contributed by atoms with Gasteiger partial charge >= 0.3 is 0 Å². The number of nitrogens with zero attached hydrogens (tertiary/aromatic N) is 4. The van der Waals surface area contributed by atoms with Gasteiger partial charge < -0.3 is 20.4 Å². The zero-order valence-electron chi connectivity index (χ0n) is 15.6. The molecule has 0 aromatic carbocycles. The van der Waals surface area contributed by atoms with Crippen LogP contribution in [0, 0.1) is 0 Å². The van der Waals surface area contributed by atoms with Gasteiger partial charge in [0, 0.05) is 39.1 Å². The van der Waals surface area contributed by atoms with E-state index in [-0.39, 0.29) is 24.0 Å². The lowest BCUT2D eigenvalue weighted by Gasteiger charge is -2.20. The SMILES string of the molecule is CCCN(CC)CCNC(=NCc1csc(N(C)C)n1)NCC.I. The molecule has 24 heavy (non-hydrogen) atoms. The van der Waals surface area contributed by atoms with E-state index in [9.17, 15) is 0 Å². The Balaban J connectivity index is 0.00000529. The number of hydrogen-bond donors (Lipinski definition) is 2. The number of anilines is 1. The summed E-state index contributed by atoms with van der Waals surface area (Å²) >= 11 is 1.65. The average molecular weight is 468 g/mol. The Hall–Kier alpha value is -0.610. The van der Waals surface area contributed by atoms with Gasteiger partial charge in [-0.05, 0) is 26.4 Å². The minimum absolute atomic E-state index is 0. The fourth-order valence-corrected chi connectivity index (χ4v) is 2.90. The first-order valence-electron chi connectivity index (χ1n) is 8.46. The second-order valence-corrected chi connectivity index (χ2v) is 6.41. The molecule has 2 N–H and O–H groups in total. The molecule has 8 heteroatoms. The molecule has 0 aliphatic heterocycles. The second kappa shape index (κ2) is 13.7. The summed E-state index contributed by atoms with van der Waals surface area (Å²) in [5.41, 5.74) is 1.01. The summed E-state index contributed by atoms with van der Waals surface area (Å²) in [5.74, 6) is 0.861. The van der Waals surface area contributed by atoms with E-state index >= 15 is 0 Å². The smallest absolute Gasteiger partial charge is 0.191 e. The van der Waals surface area contributed by atoms with Crippen LogP contribution in [0.5, 0.6) is 0 Å². The molecule has 1 rings (SSSR count). The van der Waals surface area contributed by atoms with E-state index in [0.29, 0.717) is 6.54 Å². The van der Waals surface area contributed by atoms with Crippen LogP contribution in [0.4, 0.5) is 5.13 Å². The number of hydrogen-bond acceptors (Lipinski definition) is 5. The van der Waals surface area contributed by atoms with Crippen molar-refractivity contribution in [2.75, 3.05) is 51.7 Å². The van der Waals surface area contributed by atoms with Crippen LogP contribution in [0.3, 0.4) is 0 Å². The molecule has 140 valence electrons. The first-order chi connectivity index (χ1) is 11.1. The van der Waals surface area contributed by atoms with Gasteiger partial charge in [-0.25, -0.2) is 9.98 Å². The van der Waals surface area contributed by atoms with Gasteiger partial charge in [-0.1, -0.05) is 13.8 Å². The number of guanidine groups is 1. The van der Waals surface area contributed by atoms with Crippen molar-refractivity contribution in [3.63, 3.8) is 0 Å². The molecule has 6 nitrogen and oxygen atoms in total. The Labute approximate surface area is 168 Å². The molecule has 0 radical (unpaired) electrons. The van der Waals surface area contributed by atoms with Crippen LogP contribution in [-0.4, -0.2) is 62.7 Å². The molecule has 0 bridgehead atoms. The number of aliphatic imine (C=N–C) groups is 1. The van der Waals surface area contributed by atoms with Crippen LogP contribution < -0.4 is 15.5 Å². The Bertz CT molecular complexity index is 463. The van der Waals surface area contributed by atoms with Crippen LogP contribution in [0.15, 0.2) is 10.4 Å². The highest BCUT2D eigenvalue weighted by molar-refractivity contribution is 14.0. The minimum atomic E-state index is 0. The van der Waals surface area contributed by atoms with Crippen molar-refractivity contribution in [2.45, 2.75) is 33.7 Å². The van der Waals surface area contributed by atoms with Crippen LogP contribution in [0.2, 0.25) is 0 Å². The Morgan fingerprint density at radius 3 is 2.50 bits per heavy atom. The van der Waals surface area contributed by atoms with Gasteiger partial charge in [-0.15, -0.1) is 35.3 Å². The van der Waals surface area contributed by atoms with Crippen molar-refractivity contribution in [3.05, 3.63) is 11.1 Å². The van der Waals surface area contributed by atoms with Crippen LogP contribution in [-0.2, 0) is 6.54 Å². The largest absolute Gasteiger partial charge is 0.357 e. The first-order valence-corrected chi connectivity index (χ1v) is 9.34. The third kappa shape index (κ3) is 9.03. The summed E-state index contributed by atoms with van der Waals surface area (Å²) in [6.07, 6.45) is 1.19. The molecule has 0 aliphatic rings. The summed E-state index contributed by atoms with van der Waals surface area (Å²) in [4.78, 5) is 13.7. The van der Waals surface area contributed by atoms with Crippen LogP contribution in [0.1, 0.15) is 32.9 Å². The standard InChI is InChI=1S/C16H32N6S.HI/c1-6-10-22(8-3)11-9-18-15(17-7-2)19-12-14-13-23-16(20-14)21(4)5;/h13H,6-12H2,1-5H3,(H2,17,18,19);1H. The molecule has 1 aromatic heterocycles. The van der Waals surface area contributed by atoms with Crippen molar-refractivity contribution in [3.8, 4) is 0 Å². The molecular formula is C16H33IN6S. The van der Waals surface area contributed by atoms with Gasteiger partial charge in [0.05, 0.1) is 12.2 Å². The molecule has 0 saturated carbocycles. The quantitative estimate of drug-likeness (QED) is 0.314. The molecule has 1 aromatic rings. The van der Waals surface area contributed by atoms with Gasteiger partial charge in [0.15, 0.2) is 11.1 Å². The van der Waals surface area contributed by atoms with Gasteiger partial charge in [0.1, 0.15) is 0 Å². The van der Waals surface area contributed by atoms with E-state index in [0.717, 1.165) is 49.5 Å². The summed E-state index contributed by atoms with van der Waals surface area (Å²) in [5, 5.41) is 9.79. The molecule has 0 amide bonds. The summed E-state index contributed by atoms with van der Waals surface area (Å²) < 4.78 is 0. The lowest BCUT2D eigenvalue weighted by molar-refractivity contribution is 0.293. The topological polar surface area (TPSA) is 55.8 Å². The molecular weight excluding hydrogens is 435 g/mol. The molecule has 0 atom stereocenters. The van der Waals surface area contributed by atoms with Crippen molar-refractivity contribution in [1.29, 1.82) is 0 Å². The summed E-state index contributed by atoms with van der Waals surface area (Å²) in [6.45, 7) is 12.2. The van der Waals surface area contributed by atoms with Crippen LogP contribution >= 0.6 is 35.3 Å². The maximum Gasteiger partial charge on any atom is 0.191 e. The molecule has 0 fully saturated rings. The number of aromatic nitrogens is 1. The van der Waals surface area contributed by atoms with E-state index in [1.54, 1.807) is 11.3 Å². The van der Waals surface area contributed by atoms with Crippen molar-refractivity contribution >= 4 is 46.4 Å². The highest BCUT2D eigenvalue weighted by Gasteiger charge is 2.05. The van der Waals surface area contributed by atoms with E-state index in [1.165, 1.54) is 6.42 Å². The van der Waals surface area contributed by atoms with Crippen molar-refractivity contribution in [2.24, 2.45) is 4.99 Å². The predicted molar refractivity (Wildman–Crippen MR) is 117 cm³/mol. The zero-order valence-corrected chi connectivity index (χ0v) is 18.8. The molecule has 0 aliphatic carbocycles. The van der Waals surface area contributed by atoms with Crippen LogP contribution in [0.25, 0.3) is 0 Å².